The van der Waals surface area contributed by atoms with Crippen LogP contribution in [-0.4, -0.2) is 135 Å². The highest BCUT2D eigenvalue weighted by atomic mass is 32.2. The van der Waals surface area contributed by atoms with Gasteiger partial charge in [-0.15, -0.1) is 0 Å². The Balaban J connectivity index is 4.88. The summed E-state index contributed by atoms with van der Waals surface area (Å²) in [5.41, 5.74) is -1.75. The number of nitrogens with zero attached hydrogens (tertiary/aromatic N) is 2. The van der Waals surface area contributed by atoms with Crippen molar-refractivity contribution >= 4 is 28.9 Å². The third-order valence-corrected chi connectivity index (χ3v) is 6.36. The predicted octanol–water partition coefficient (Wildman–Crippen LogP) is 0.570. The standard InChI is InChI=1S/C24H46N2O10S/c1-23(13-27,14-28)17-35-20(30)7-10-26(22(32)37-12-6-9-25(3)4)11-8-21(31)36-18-24(2,15-29)16-34-19-33-5/h27-29H,6-19H2,1-5H3. The number of carbonyl (C=O) groups excluding carboxylic acids is 3. The number of aliphatic hydroxyl groups is 3. The van der Waals surface area contributed by atoms with E-state index in [1.807, 2.05) is 19.0 Å². The second-order valence-corrected chi connectivity index (χ2v) is 11.0. The molecule has 0 aliphatic heterocycles. The van der Waals surface area contributed by atoms with Gasteiger partial charge in [0.25, 0.3) is 5.24 Å². The van der Waals surface area contributed by atoms with Crippen molar-refractivity contribution in [1.82, 2.24) is 9.80 Å². The molecule has 12 nitrogen and oxygen atoms in total. The first-order valence-electron chi connectivity index (χ1n) is 12.2. The van der Waals surface area contributed by atoms with Crippen molar-refractivity contribution in [2.24, 2.45) is 10.8 Å². The van der Waals surface area contributed by atoms with Crippen LogP contribution >= 0.6 is 11.8 Å². The van der Waals surface area contributed by atoms with Crippen LogP contribution in [0.1, 0.15) is 33.1 Å². The lowest BCUT2D eigenvalue weighted by molar-refractivity contribution is -0.151. The molecule has 0 aliphatic rings. The molecule has 0 fully saturated rings. The number of methoxy groups -OCH3 is 1. The SMILES string of the molecule is COCOCC(C)(CO)COC(=O)CCN(CCC(=O)OCC(C)(CO)CO)C(=O)SCCCN(C)C. The molecule has 0 radical (unpaired) electrons. The van der Waals surface area contributed by atoms with Gasteiger partial charge in [0.15, 0.2) is 0 Å². The molecule has 0 heterocycles. The quantitative estimate of drug-likeness (QED) is 0.103. The first kappa shape index (κ1) is 35.5. The summed E-state index contributed by atoms with van der Waals surface area (Å²) in [6.45, 7) is 3.21. The fourth-order valence-electron chi connectivity index (χ4n) is 2.68. The van der Waals surface area contributed by atoms with Crippen LogP contribution in [0.4, 0.5) is 4.79 Å². The zero-order valence-corrected chi connectivity index (χ0v) is 23.7. The maximum absolute atomic E-state index is 12.8. The zero-order chi connectivity index (χ0) is 28.3. The average molecular weight is 555 g/mol. The summed E-state index contributed by atoms with van der Waals surface area (Å²) < 4.78 is 20.5. The Morgan fingerprint density at radius 2 is 1.32 bits per heavy atom. The fourth-order valence-corrected chi connectivity index (χ4v) is 3.49. The largest absolute Gasteiger partial charge is 0.465 e. The van der Waals surface area contributed by atoms with Crippen LogP contribution in [0.3, 0.4) is 0 Å². The summed E-state index contributed by atoms with van der Waals surface area (Å²) in [6, 6.07) is 0. The van der Waals surface area contributed by atoms with E-state index in [9.17, 15) is 29.7 Å². The van der Waals surface area contributed by atoms with E-state index < -0.39 is 22.8 Å². The number of carbonyl (C=O) groups is 3. The van der Waals surface area contributed by atoms with Gasteiger partial charge in [-0.2, -0.15) is 0 Å². The smallest absolute Gasteiger partial charge is 0.307 e. The molecule has 0 rings (SSSR count). The minimum absolute atomic E-state index is 0.0415. The first-order chi connectivity index (χ1) is 17.4. The number of aliphatic hydroxyl groups excluding tert-OH is 3. The monoisotopic (exact) mass is 554 g/mol. The van der Waals surface area contributed by atoms with E-state index in [1.165, 1.54) is 12.0 Å². The van der Waals surface area contributed by atoms with Gasteiger partial charge in [-0.25, -0.2) is 0 Å². The Bertz CT molecular complexity index is 663. The minimum Gasteiger partial charge on any atom is -0.465 e. The van der Waals surface area contributed by atoms with Gasteiger partial charge in [0.05, 0.1) is 39.3 Å². The van der Waals surface area contributed by atoms with Crippen molar-refractivity contribution in [2.75, 3.05) is 93.0 Å². The Morgan fingerprint density at radius 3 is 1.78 bits per heavy atom. The van der Waals surface area contributed by atoms with E-state index in [1.54, 1.807) is 13.8 Å². The minimum atomic E-state index is -0.950. The van der Waals surface area contributed by atoms with E-state index in [0.29, 0.717) is 5.75 Å². The van der Waals surface area contributed by atoms with E-state index in [0.717, 1.165) is 24.7 Å². The van der Waals surface area contributed by atoms with Crippen LogP contribution in [0, 0.1) is 10.8 Å². The van der Waals surface area contributed by atoms with Gasteiger partial charge in [-0.05, 0) is 27.1 Å². The van der Waals surface area contributed by atoms with Crippen LogP contribution in [0.2, 0.25) is 0 Å². The molecule has 218 valence electrons. The van der Waals surface area contributed by atoms with E-state index in [-0.39, 0.29) is 77.6 Å². The van der Waals surface area contributed by atoms with Gasteiger partial charge < -0.3 is 44.1 Å². The van der Waals surface area contributed by atoms with Crippen LogP contribution in [0.15, 0.2) is 0 Å². The highest BCUT2D eigenvalue weighted by Crippen LogP contribution is 2.18. The van der Waals surface area contributed by atoms with Crippen molar-refractivity contribution in [1.29, 1.82) is 0 Å². The predicted molar refractivity (Wildman–Crippen MR) is 139 cm³/mol. The van der Waals surface area contributed by atoms with Crippen LogP contribution < -0.4 is 0 Å². The fraction of sp³-hybridized carbons (Fsp3) is 0.875. The van der Waals surface area contributed by atoms with E-state index in [2.05, 4.69) is 0 Å². The molecule has 0 bridgehead atoms. The van der Waals surface area contributed by atoms with Gasteiger partial charge in [0.2, 0.25) is 0 Å². The van der Waals surface area contributed by atoms with Crippen LogP contribution in [-0.2, 0) is 28.5 Å². The van der Waals surface area contributed by atoms with E-state index >= 15 is 0 Å². The molecule has 0 aromatic carbocycles. The molecule has 0 aromatic heterocycles. The molecule has 0 aliphatic carbocycles. The summed E-state index contributed by atoms with van der Waals surface area (Å²) in [6.07, 6.45) is 0.602. The van der Waals surface area contributed by atoms with Crippen LogP contribution in [0.25, 0.3) is 0 Å². The second-order valence-electron chi connectivity index (χ2n) is 9.93. The summed E-state index contributed by atoms with van der Waals surface area (Å²) in [4.78, 5) is 40.8. The number of thioether (sulfide) groups is 1. The number of hydrogen-bond donors (Lipinski definition) is 3. The normalized spacial score (nSPS) is 13.3. The Kier molecular flexibility index (Phi) is 18.8. The molecule has 13 heteroatoms. The summed E-state index contributed by atoms with van der Waals surface area (Å²) in [7, 11) is 5.37. The maximum atomic E-state index is 12.8. The number of hydrogen-bond acceptors (Lipinski definition) is 12. The third kappa shape index (κ3) is 16.9. The maximum Gasteiger partial charge on any atom is 0.307 e. The average Bonchev–Trinajstić information content (AvgIpc) is 2.88. The van der Waals surface area contributed by atoms with Gasteiger partial charge in [-0.3, -0.25) is 14.4 Å². The van der Waals surface area contributed by atoms with Gasteiger partial charge >= 0.3 is 11.9 Å². The number of rotatable bonds is 21. The molecule has 0 spiro atoms. The van der Waals surface area contributed by atoms with Gasteiger partial charge in [-0.1, -0.05) is 25.6 Å². The second kappa shape index (κ2) is 19.6. The van der Waals surface area contributed by atoms with Crippen molar-refractivity contribution in [2.45, 2.75) is 33.1 Å². The lowest BCUT2D eigenvalue weighted by atomic mass is 9.94. The van der Waals surface area contributed by atoms with Gasteiger partial charge in [0.1, 0.15) is 20.0 Å². The van der Waals surface area contributed by atoms with Gasteiger partial charge in [0, 0.05) is 36.8 Å². The number of amides is 1. The zero-order valence-electron chi connectivity index (χ0n) is 22.9. The van der Waals surface area contributed by atoms with Crippen molar-refractivity contribution in [3.05, 3.63) is 0 Å². The third-order valence-electron chi connectivity index (χ3n) is 5.37. The number of esters is 2. The highest BCUT2D eigenvalue weighted by molar-refractivity contribution is 8.13. The lowest BCUT2D eigenvalue weighted by Crippen LogP contribution is -2.36. The first-order valence-corrected chi connectivity index (χ1v) is 13.2. The molecule has 0 saturated carbocycles. The summed E-state index contributed by atoms with van der Waals surface area (Å²) in [5.74, 6) is -0.545. The molecule has 0 saturated heterocycles. The molecule has 1 atom stereocenters. The van der Waals surface area contributed by atoms with E-state index in [4.69, 9.17) is 18.9 Å². The van der Waals surface area contributed by atoms with Crippen molar-refractivity contribution < 1.29 is 48.7 Å². The summed E-state index contributed by atoms with van der Waals surface area (Å²) in [5, 5.41) is 28.0. The Hall–Kier alpha value is -1.48. The molecule has 1 unspecified atom stereocenters. The molecule has 3 N–H and O–H groups in total. The van der Waals surface area contributed by atoms with Crippen LogP contribution in [0.5, 0.6) is 0 Å². The molecule has 37 heavy (non-hydrogen) atoms. The lowest BCUT2D eigenvalue weighted by Gasteiger charge is -2.27. The molecular formula is C24H46N2O10S. The molecular weight excluding hydrogens is 508 g/mol. The molecule has 1 amide bonds. The highest BCUT2D eigenvalue weighted by Gasteiger charge is 2.27. The van der Waals surface area contributed by atoms with Crippen molar-refractivity contribution in [3.63, 3.8) is 0 Å². The number of ether oxygens (including phenoxy) is 4. The summed E-state index contributed by atoms with van der Waals surface area (Å²) >= 11 is 1.12. The Labute approximate surface area is 224 Å². The van der Waals surface area contributed by atoms with Crippen molar-refractivity contribution in [3.8, 4) is 0 Å². The topological polar surface area (TPSA) is 155 Å². The Morgan fingerprint density at radius 1 is 0.811 bits per heavy atom. The molecule has 0 aromatic rings.